The van der Waals surface area contributed by atoms with Gasteiger partial charge in [0, 0.05) is 19.3 Å². The van der Waals surface area contributed by atoms with E-state index in [1.165, 1.54) is 0 Å². The molecule has 0 saturated heterocycles. The quantitative estimate of drug-likeness (QED) is 0.658. The average Bonchev–Trinajstić information content (AvgIpc) is 2.71. The summed E-state index contributed by atoms with van der Waals surface area (Å²) in [7, 11) is 0. The Hall–Kier alpha value is -1.43. The van der Waals surface area contributed by atoms with Crippen molar-refractivity contribution in [2.75, 3.05) is 13.1 Å². The van der Waals surface area contributed by atoms with Crippen LogP contribution in [-0.4, -0.2) is 40.0 Å². The van der Waals surface area contributed by atoms with Crippen LogP contribution < -0.4 is 10.6 Å². The van der Waals surface area contributed by atoms with E-state index >= 15 is 0 Å². The van der Waals surface area contributed by atoms with Crippen LogP contribution in [0.3, 0.4) is 0 Å². The van der Waals surface area contributed by atoms with Crippen LogP contribution in [0.5, 0.6) is 0 Å². The van der Waals surface area contributed by atoms with E-state index < -0.39 is 0 Å². The van der Waals surface area contributed by atoms with E-state index in [4.69, 9.17) is 0 Å². The van der Waals surface area contributed by atoms with Crippen LogP contribution in [-0.2, 0) is 11.3 Å². The summed E-state index contributed by atoms with van der Waals surface area (Å²) in [5.74, 6) is 0.0242. The van der Waals surface area contributed by atoms with Crippen molar-refractivity contribution in [3.63, 3.8) is 0 Å². The van der Waals surface area contributed by atoms with Crippen LogP contribution in [0.25, 0.3) is 0 Å². The molecule has 0 spiro atoms. The SMILES string of the molecule is CCNC(=O)C(C)NCCn1ccnn1. The van der Waals surface area contributed by atoms with E-state index in [-0.39, 0.29) is 11.9 Å². The van der Waals surface area contributed by atoms with Gasteiger partial charge < -0.3 is 10.6 Å². The Bertz CT molecular complexity index is 285. The molecule has 1 atom stereocenters. The summed E-state index contributed by atoms with van der Waals surface area (Å²) < 4.78 is 1.72. The van der Waals surface area contributed by atoms with Crippen molar-refractivity contribution in [2.24, 2.45) is 0 Å². The van der Waals surface area contributed by atoms with E-state index in [1.807, 2.05) is 13.8 Å². The van der Waals surface area contributed by atoms with Gasteiger partial charge in [0.1, 0.15) is 0 Å². The van der Waals surface area contributed by atoms with Crippen LogP contribution >= 0.6 is 0 Å². The van der Waals surface area contributed by atoms with Gasteiger partial charge in [0.2, 0.25) is 5.91 Å². The third-order valence-electron chi connectivity index (χ3n) is 2.01. The molecule has 0 aliphatic heterocycles. The maximum atomic E-state index is 11.3. The minimum Gasteiger partial charge on any atom is -0.355 e. The van der Waals surface area contributed by atoms with Gasteiger partial charge in [0.15, 0.2) is 0 Å². The normalized spacial score (nSPS) is 12.4. The van der Waals surface area contributed by atoms with Crippen molar-refractivity contribution in [1.29, 1.82) is 0 Å². The number of nitrogens with zero attached hydrogens (tertiary/aromatic N) is 3. The molecule has 0 aliphatic rings. The molecular formula is C9H17N5O. The Morgan fingerprint density at radius 1 is 1.60 bits per heavy atom. The fraction of sp³-hybridized carbons (Fsp3) is 0.667. The lowest BCUT2D eigenvalue weighted by Gasteiger charge is -2.12. The Labute approximate surface area is 89.0 Å². The number of likely N-dealkylation sites (N-methyl/N-ethyl adjacent to an activating group) is 1. The fourth-order valence-corrected chi connectivity index (χ4v) is 1.17. The zero-order valence-corrected chi connectivity index (χ0v) is 9.10. The van der Waals surface area contributed by atoms with E-state index in [9.17, 15) is 4.79 Å². The van der Waals surface area contributed by atoms with Gasteiger partial charge in [0.25, 0.3) is 0 Å². The number of rotatable bonds is 6. The maximum absolute atomic E-state index is 11.3. The molecule has 15 heavy (non-hydrogen) atoms. The average molecular weight is 211 g/mol. The third kappa shape index (κ3) is 4.07. The lowest BCUT2D eigenvalue weighted by Crippen LogP contribution is -2.43. The van der Waals surface area contributed by atoms with Crippen LogP contribution in [0.2, 0.25) is 0 Å². The standard InChI is InChI=1S/C9H17N5O/c1-3-10-9(15)8(2)11-4-6-14-7-5-12-13-14/h5,7-8,11H,3-4,6H2,1-2H3,(H,10,15). The van der Waals surface area contributed by atoms with Crippen molar-refractivity contribution in [1.82, 2.24) is 25.6 Å². The van der Waals surface area contributed by atoms with Crippen molar-refractivity contribution in [3.05, 3.63) is 12.4 Å². The predicted octanol–water partition coefficient (Wildman–Crippen LogP) is -0.608. The Morgan fingerprint density at radius 2 is 2.40 bits per heavy atom. The van der Waals surface area contributed by atoms with E-state index in [1.54, 1.807) is 17.1 Å². The van der Waals surface area contributed by atoms with Gasteiger partial charge in [-0.3, -0.25) is 9.48 Å². The zero-order valence-electron chi connectivity index (χ0n) is 9.10. The molecule has 0 aliphatic carbocycles. The fourth-order valence-electron chi connectivity index (χ4n) is 1.17. The van der Waals surface area contributed by atoms with Crippen molar-refractivity contribution >= 4 is 5.91 Å². The first-order chi connectivity index (χ1) is 7.24. The molecule has 0 bridgehead atoms. The predicted molar refractivity (Wildman–Crippen MR) is 56.2 cm³/mol. The molecule has 1 heterocycles. The second-order valence-corrected chi connectivity index (χ2v) is 3.24. The van der Waals surface area contributed by atoms with Gasteiger partial charge in [-0.1, -0.05) is 5.21 Å². The molecule has 84 valence electrons. The summed E-state index contributed by atoms with van der Waals surface area (Å²) in [4.78, 5) is 11.3. The smallest absolute Gasteiger partial charge is 0.236 e. The first kappa shape index (κ1) is 11.6. The lowest BCUT2D eigenvalue weighted by molar-refractivity contribution is -0.122. The van der Waals surface area contributed by atoms with E-state index in [0.717, 1.165) is 0 Å². The molecule has 1 rings (SSSR count). The summed E-state index contributed by atoms with van der Waals surface area (Å²) >= 11 is 0. The third-order valence-corrected chi connectivity index (χ3v) is 2.01. The first-order valence-corrected chi connectivity index (χ1v) is 5.09. The first-order valence-electron chi connectivity index (χ1n) is 5.09. The van der Waals surface area contributed by atoms with Gasteiger partial charge in [-0.15, -0.1) is 5.10 Å². The number of carbonyl (C=O) groups is 1. The number of hydrogen-bond donors (Lipinski definition) is 2. The Balaban J connectivity index is 2.17. The highest BCUT2D eigenvalue weighted by atomic mass is 16.2. The van der Waals surface area contributed by atoms with Crippen molar-refractivity contribution < 1.29 is 4.79 Å². The largest absolute Gasteiger partial charge is 0.355 e. The lowest BCUT2D eigenvalue weighted by atomic mass is 10.3. The van der Waals surface area contributed by atoms with Crippen LogP contribution in [0, 0.1) is 0 Å². The maximum Gasteiger partial charge on any atom is 0.236 e. The Kier molecular flexibility index (Phi) is 4.76. The highest BCUT2D eigenvalue weighted by Gasteiger charge is 2.09. The van der Waals surface area contributed by atoms with Gasteiger partial charge in [0.05, 0.1) is 18.8 Å². The van der Waals surface area contributed by atoms with Crippen LogP contribution in [0.1, 0.15) is 13.8 Å². The number of nitrogens with one attached hydrogen (secondary N) is 2. The number of aromatic nitrogens is 3. The minimum absolute atomic E-state index is 0.0242. The second kappa shape index (κ2) is 6.13. The molecule has 0 fully saturated rings. The molecule has 1 unspecified atom stereocenters. The summed E-state index contributed by atoms with van der Waals surface area (Å²) in [6.07, 6.45) is 3.42. The second-order valence-electron chi connectivity index (χ2n) is 3.24. The molecule has 1 aromatic heterocycles. The van der Waals surface area contributed by atoms with E-state index in [0.29, 0.717) is 19.6 Å². The molecule has 1 amide bonds. The highest BCUT2D eigenvalue weighted by molar-refractivity contribution is 5.81. The molecule has 6 heteroatoms. The summed E-state index contributed by atoms with van der Waals surface area (Å²) in [6.45, 7) is 5.81. The van der Waals surface area contributed by atoms with Gasteiger partial charge in [-0.25, -0.2) is 0 Å². The number of hydrogen-bond acceptors (Lipinski definition) is 4. The van der Waals surface area contributed by atoms with Crippen LogP contribution in [0.15, 0.2) is 12.4 Å². The van der Waals surface area contributed by atoms with Gasteiger partial charge >= 0.3 is 0 Å². The summed E-state index contributed by atoms with van der Waals surface area (Å²) in [6, 6.07) is -0.173. The highest BCUT2D eigenvalue weighted by Crippen LogP contribution is 1.83. The molecule has 0 saturated carbocycles. The number of amides is 1. The molecule has 2 N–H and O–H groups in total. The van der Waals surface area contributed by atoms with Gasteiger partial charge in [-0.05, 0) is 13.8 Å². The molecule has 6 nitrogen and oxygen atoms in total. The Morgan fingerprint density at radius 3 is 3.00 bits per heavy atom. The molecular weight excluding hydrogens is 194 g/mol. The van der Waals surface area contributed by atoms with Crippen LogP contribution in [0.4, 0.5) is 0 Å². The van der Waals surface area contributed by atoms with Crippen molar-refractivity contribution in [3.8, 4) is 0 Å². The topological polar surface area (TPSA) is 71.8 Å². The molecule has 0 radical (unpaired) electrons. The monoisotopic (exact) mass is 211 g/mol. The molecule has 1 aromatic rings. The zero-order chi connectivity index (χ0) is 11.1. The molecule has 0 aromatic carbocycles. The van der Waals surface area contributed by atoms with Crippen molar-refractivity contribution in [2.45, 2.75) is 26.4 Å². The van der Waals surface area contributed by atoms with Gasteiger partial charge in [-0.2, -0.15) is 0 Å². The van der Waals surface area contributed by atoms with E-state index in [2.05, 4.69) is 20.9 Å². The number of carbonyl (C=O) groups excluding carboxylic acids is 1. The minimum atomic E-state index is -0.173. The summed E-state index contributed by atoms with van der Waals surface area (Å²) in [5.41, 5.74) is 0. The summed E-state index contributed by atoms with van der Waals surface area (Å²) in [5, 5.41) is 13.4.